The minimum Gasteiger partial charge on any atom is -0.465 e. The van der Waals surface area contributed by atoms with Gasteiger partial charge in [-0.05, 0) is 31.9 Å². The molecule has 2 aromatic rings. The van der Waals surface area contributed by atoms with Crippen LogP contribution in [-0.2, 0) is 41.6 Å². The average Bonchev–Trinajstić information content (AvgIpc) is 3.33. The largest absolute Gasteiger partial charge is 0.465 e. The van der Waals surface area contributed by atoms with Crippen LogP contribution in [0.3, 0.4) is 0 Å². The Kier molecular flexibility index (Phi) is 8.21. The number of hydrogen-bond donors (Lipinski definition) is 1. The molecule has 0 spiro atoms. The van der Waals surface area contributed by atoms with E-state index in [1.165, 1.54) is 7.11 Å². The summed E-state index contributed by atoms with van der Waals surface area (Å²) >= 11 is 0. The molecule has 2 heterocycles. The normalized spacial score (nSPS) is 26.9. The van der Waals surface area contributed by atoms with E-state index in [0.29, 0.717) is 13.1 Å². The SMILES string of the molecule is CCOC(=O)[C@H]([C@@H](O)[C@H]1O[C@@H](OC)[C@@H]2OC(C)(C)O[C@H]12)N(Cc1ccccc1)Cc1ccccc1. The molecule has 0 aliphatic carbocycles. The summed E-state index contributed by atoms with van der Waals surface area (Å²) in [6.07, 6.45) is -3.95. The highest BCUT2D eigenvalue weighted by Crippen LogP contribution is 2.41. The molecule has 0 saturated carbocycles. The average molecular weight is 486 g/mol. The van der Waals surface area contributed by atoms with Crippen LogP contribution in [0, 0.1) is 0 Å². The summed E-state index contributed by atoms with van der Waals surface area (Å²) in [5.41, 5.74) is 2.01. The molecule has 2 saturated heterocycles. The second-order valence-electron chi connectivity index (χ2n) is 9.33. The number of rotatable bonds is 10. The zero-order valence-electron chi connectivity index (χ0n) is 20.7. The van der Waals surface area contributed by atoms with Crippen LogP contribution in [-0.4, -0.2) is 72.2 Å². The van der Waals surface area contributed by atoms with Gasteiger partial charge in [0.15, 0.2) is 12.1 Å². The van der Waals surface area contributed by atoms with Crippen molar-refractivity contribution >= 4 is 5.97 Å². The molecule has 0 bridgehead atoms. The van der Waals surface area contributed by atoms with Crippen LogP contribution >= 0.6 is 0 Å². The highest BCUT2D eigenvalue weighted by atomic mass is 16.8. The summed E-state index contributed by atoms with van der Waals surface area (Å²) in [7, 11) is 1.52. The highest BCUT2D eigenvalue weighted by molar-refractivity contribution is 5.76. The van der Waals surface area contributed by atoms with Gasteiger partial charge in [-0.1, -0.05) is 60.7 Å². The number of aliphatic hydroxyl groups is 1. The number of hydrogen-bond acceptors (Lipinski definition) is 8. The predicted molar refractivity (Wildman–Crippen MR) is 128 cm³/mol. The molecule has 0 aromatic heterocycles. The topological polar surface area (TPSA) is 86.7 Å². The quantitative estimate of drug-likeness (QED) is 0.514. The lowest BCUT2D eigenvalue weighted by Gasteiger charge is -2.36. The van der Waals surface area contributed by atoms with E-state index < -0.39 is 48.5 Å². The number of methoxy groups -OCH3 is 1. The molecule has 2 aromatic carbocycles. The lowest BCUT2D eigenvalue weighted by atomic mass is 9.97. The van der Waals surface area contributed by atoms with E-state index in [-0.39, 0.29) is 6.61 Å². The smallest absolute Gasteiger partial charge is 0.326 e. The van der Waals surface area contributed by atoms with Crippen LogP contribution in [0.2, 0.25) is 0 Å². The molecule has 0 unspecified atom stereocenters. The van der Waals surface area contributed by atoms with Gasteiger partial charge in [0.05, 0.1) is 6.61 Å². The zero-order valence-corrected chi connectivity index (χ0v) is 20.7. The van der Waals surface area contributed by atoms with Crippen LogP contribution in [0.4, 0.5) is 0 Å². The third-order valence-electron chi connectivity index (χ3n) is 6.32. The third-order valence-corrected chi connectivity index (χ3v) is 6.32. The van der Waals surface area contributed by atoms with Gasteiger partial charge in [-0.15, -0.1) is 0 Å². The van der Waals surface area contributed by atoms with Gasteiger partial charge in [-0.2, -0.15) is 0 Å². The Morgan fingerprint density at radius 1 is 1.00 bits per heavy atom. The van der Waals surface area contributed by atoms with E-state index in [9.17, 15) is 9.90 Å². The Morgan fingerprint density at radius 2 is 1.54 bits per heavy atom. The molecule has 6 atom stereocenters. The predicted octanol–water partition coefficient (Wildman–Crippen LogP) is 2.87. The van der Waals surface area contributed by atoms with Gasteiger partial charge in [0.2, 0.25) is 0 Å². The first-order valence-electron chi connectivity index (χ1n) is 12.0. The minimum atomic E-state index is -1.26. The van der Waals surface area contributed by atoms with Crippen molar-refractivity contribution in [3.63, 3.8) is 0 Å². The van der Waals surface area contributed by atoms with E-state index >= 15 is 0 Å². The summed E-state index contributed by atoms with van der Waals surface area (Å²) < 4.78 is 29.0. The van der Waals surface area contributed by atoms with E-state index in [2.05, 4.69) is 0 Å². The molecular formula is C27H35NO7. The Bertz CT molecular complexity index is 913. The lowest BCUT2D eigenvalue weighted by molar-refractivity contribution is -0.240. The van der Waals surface area contributed by atoms with E-state index in [1.54, 1.807) is 20.8 Å². The molecule has 1 N–H and O–H groups in total. The van der Waals surface area contributed by atoms with Crippen LogP contribution in [0.25, 0.3) is 0 Å². The monoisotopic (exact) mass is 485 g/mol. The molecule has 0 amide bonds. The maximum Gasteiger partial charge on any atom is 0.326 e. The maximum absolute atomic E-state index is 13.4. The summed E-state index contributed by atoms with van der Waals surface area (Å²) in [4.78, 5) is 15.3. The van der Waals surface area contributed by atoms with Crippen LogP contribution < -0.4 is 0 Å². The van der Waals surface area contributed by atoms with Crippen molar-refractivity contribution in [2.45, 2.75) is 76.4 Å². The van der Waals surface area contributed by atoms with Gasteiger partial charge in [-0.25, -0.2) is 0 Å². The van der Waals surface area contributed by atoms with E-state index in [1.807, 2.05) is 65.6 Å². The van der Waals surface area contributed by atoms with Gasteiger partial charge in [0.1, 0.15) is 30.5 Å². The van der Waals surface area contributed by atoms with E-state index in [4.69, 9.17) is 23.7 Å². The number of aliphatic hydroxyl groups excluding tert-OH is 1. The zero-order chi connectivity index (χ0) is 25.0. The molecule has 2 aliphatic heterocycles. The van der Waals surface area contributed by atoms with Crippen molar-refractivity contribution in [3.8, 4) is 0 Å². The first-order chi connectivity index (χ1) is 16.8. The highest BCUT2D eigenvalue weighted by Gasteiger charge is 2.59. The van der Waals surface area contributed by atoms with Crippen molar-refractivity contribution in [3.05, 3.63) is 71.8 Å². The Hall–Kier alpha value is -2.33. The molecule has 0 radical (unpaired) electrons. The first-order valence-corrected chi connectivity index (χ1v) is 12.0. The summed E-state index contributed by atoms with van der Waals surface area (Å²) in [5.74, 6) is -1.38. The molecule has 8 heteroatoms. The fraction of sp³-hybridized carbons (Fsp3) is 0.519. The molecule has 190 valence electrons. The molecular weight excluding hydrogens is 450 g/mol. The number of esters is 1. The van der Waals surface area contributed by atoms with E-state index in [0.717, 1.165) is 11.1 Å². The molecule has 2 fully saturated rings. The molecule has 2 aliphatic rings. The Labute approximate surface area is 206 Å². The number of carbonyl (C=O) groups excluding carboxylic acids is 1. The Morgan fingerprint density at radius 3 is 2.06 bits per heavy atom. The van der Waals surface area contributed by atoms with Gasteiger partial charge in [0, 0.05) is 20.2 Å². The van der Waals surface area contributed by atoms with Gasteiger partial charge in [0.25, 0.3) is 0 Å². The molecule has 4 rings (SSSR count). The summed E-state index contributed by atoms with van der Waals surface area (Å²) in [5, 5.41) is 11.7. The van der Waals surface area contributed by atoms with Gasteiger partial charge >= 0.3 is 5.97 Å². The number of fused-ring (bicyclic) bond motifs is 1. The number of carbonyl (C=O) groups is 1. The van der Waals surface area contributed by atoms with Crippen LogP contribution in [0.1, 0.15) is 31.9 Å². The minimum absolute atomic E-state index is 0.192. The lowest BCUT2D eigenvalue weighted by Crippen LogP contribution is -2.56. The molecule has 8 nitrogen and oxygen atoms in total. The summed E-state index contributed by atoms with van der Waals surface area (Å²) in [6, 6.07) is 18.6. The second-order valence-corrected chi connectivity index (χ2v) is 9.33. The fourth-order valence-corrected chi connectivity index (χ4v) is 4.86. The van der Waals surface area contributed by atoms with Crippen molar-refractivity contribution < 1.29 is 33.6 Å². The summed E-state index contributed by atoms with van der Waals surface area (Å²) in [6.45, 7) is 6.40. The second kappa shape index (κ2) is 11.2. The molecule has 35 heavy (non-hydrogen) atoms. The van der Waals surface area contributed by atoms with Crippen molar-refractivity contribution in [2.75, 3.05) is 13.7 Å². The number of ether oxygens (including phenoxy) is 5. The number of nitrogens with zero attached hydrogens (tertiary/aromatic N) is 1. The van der Waals surface area contributed by atoms with Crippen molar-refractivity contribution in [2.24, 2.45) is 0 Å². The van der Waals surface area contributed by atoms with Crippen LogP contribution in [0.5, 0.6) is 0 Å². The number of benzene rings is 2. The Balaban J connectivity index is 1.67. The first kappa shape index (κ1) is 25.8. The van der Waals surface area contributed by atoms with Gasteiger partial charge in [-0.3, -0.25) is 9.69 Å². The fourth-order valence-electron chi connectivity index (χ4n) is 4.86. The third kappa shape index (κ3) is 5.91. The van der Waals surface area contributed by atoms with Gasteiger partial charge < -0.3 is 28.8 Å². The maximum atomic E-state index is 13.4. The standard InChI is InChI=1S/C27H35NO7/c1-5-32-25(30)20(21(29)22-23-24(26(31-4)33-22)35-27(2,3)34-23)28(16-18-12-8-6-9-13-18)17-19-14-10-7-11-15-19/h6-15,20-24,26,29H,5,16-17H2,1-4H3/t20-,21+,22+,23+,24+,26+/m0/s1. The van der Waals surface area contributed by atoms with Crippen molar-refractivity contribution in [1.82, 2.24) is 4.90 Å². The van der Waals surface area contributed by atoms with Crippen LogP contribution in [0.15, 0.2) is 60.7 Å². The van der Waals surface area contributed by atoms with Crippen molar-refractivity contribution in [1.29, 1.82) is 0 Å².